The summed E-state index contributed by atoms with van der Waals surface area (Å²) < 4.78 is 87.9. The Kier molecular flexibility index (Phi) is 9.84. The lowest BCUT2D eigenvalue weighted by atomic mass is 10.0. The van der Waals surface area contributed by atoms with Gasteiger partial charge in [0.25, 0.3) is 0 Å². The Labute approximate surface area is 262 Å². The number of benzene rings is 2. The van der Waals surface area contributed by atoms with E-state index in [-0.39, 0.29) is 23.0 Å². The zero-order valence-corrected chi connectivity index (χ0v) is 25.5. The predicted molar refractivity (Wildman–Crippen MR) is 156 cm³/mol. The van der Waals surface area contributed by atoms with Crippen LogP contribution in [0, 0.1) is 20.8 Å². The van der Waals surface area contributed by atoms with Gasteiger partial charge in [0.1, 0.15) is 5.82 Å². The molecule has 2 N–H and O–H groups in total. The van der Waals surface area contributed by atoms with E-state index in [0.29, 0.717) is 24.3 Å². The van der Waals surface area contributed by atoms with Gasteiger partial charge in [0, 0.05) is 24.0 Å². The number of carbonyl (C=O) groups excluding carboxylic acids is 2. The van der Waals surface area contributed by atoms with Crippen molar-refractivity contribution in [3.05, 3.63) is 63.3 Å². The molecule has 2 heterocycles. The van der Waals surface area contributed by atoms with Crippen LogP contribution >= 0.6 is 0 Å². The standard InChI is InChI=1S/C29H28F6N6O6/c1-6-40(7-2)13-17-12-36-26(37-18-10-14(3)16(5)15(4)11-18)39-23(17)38-19-8-9-20-21(22(19)46-24(42)28(30,31)32)41(27(44)45-20)47-25(43)29(33,34)35/h8-12H,6-7,13H2,1-5H3,(H2,36,37,38,39). The van der Waals surface area contributed by atoms with E-state index in [4.69, 9.17) is 4.42 Å². The zero-order valence-electron chi connectivity index (χ0n) is 25.5. The van der Waals surface area contributed by atoms with Crippen molar-refractivity contribution in [1.82, 2.24) is 19.6 Å². The Balaban J connectivity index is 1.89. The minimum atomic E-state index is -5.61. The number of alkyl halides is 6. The van der Waals surface area contributed by atoms with E-state index in [1.54, 1.807) is 0 Å². The van der Waals surface area contributed by atoms with Gasteiger partial charge < -0.3 is 24.6 Å². The molecule has 0 atom stereocenters. The van der Waals surface area contributed by atoms with Crippen LogP contribution in [0.3, 0.4) is 0 Å². The van der Waals surface area contributed by atoms with Crippen molar-refractivity contribution in [2.45, 2.75) is 53.5 Å². The van der Waals surface area contributed by atoms with Gasteiger partial charge in [0.15, 0.2) is 16.8 Å². The van der Waals surface area contributed by atoms with Crippen LogP contribution in [0.15, 0.2) is 39.7 Å². The molecule has 2 aromatic carbocycles. The van der Waals surface area contributed by atoms with Gasteiger partial charge in [0.2, 0.25) is 5.95 Å². The number of nitrogens with zero attached hydrogens (tertiary/aromatic N) is 4. The Hall–Kier alpha value is -5.13. The van der Waals surface area contributed by atoms with Crippen LogP contribution in [0.4, 0.5) is 49.5 Å². The lowest BCUT2D eigenvalue weighted by Crippen LogP contribution is -2.37. The summed E-state index contributed by atoms with van der Waals surface area (Å²) in [5, 5.41) is 5.80. The largest absolute Gasteiger partial charge is 0.493 e. The zero-order chi connectivity index (χ0) is 34.8. The number of esters is 1. The van der Waals surface area contributed by atoms with Crippen molar-refractivity contribution >= 4 is 46.2 Å². The van der Waals surface area contributed by atoms with E-state index < -0.39 is 52.6 Å². The van der Waals surface area contributed by atoms with Crippen molar-refractivity contribution in [3.8, 4) is 5.75 Å². The Morgan fingerprint density at radius 1 is 0.957 bits per heavy atom. The van der Waals surface area contributed by atoms with Crippen LogP contribution in [0.25, 0.3) is 11.1 Å². The molecule has 0 unspecified atom stereocenters. The lowest BCUT2D eigenvalue weighted by Gasteiger charge is -2.21. The summed E-state index contributed by atoms with van der Waals surface area (Å²) in [4.78, 5) is 50.8. The highest BCUT2D eigenvalue weighted by atomic mass is 19.4. The van der Waals surface area contributed by atoms with Crippen molar-refractivity contribution in [1.29, 1.82) is 0 Å². The molecule has 18 heteroatoms. The molecular weight excluding hydrogens is 642 g/mol. The number of carbonyl (C=O) groups is 2. The Morgan fingerprint density at radius 2 is 1.57 bits per heavy atom. The molecule has 0 saturated carbocycles. The van der Waals surface area contributed by atoms with Gasteiger partial charge in [-0.15, -0.1) is 0 Å². The predicted octanol–water partition coefficient (Wildman–Crippen LogP) is 5.62. The van der Waals surface area contributed by atoms with Crippen LogP contribution in [-0.2, 0) is 16.1 Å². The van der Waals surface area contributed by atoms with Gasteiger partial charge in [-0.25, -0.2) is 19.4 Å². The average molecular weight is 671 g/mol. The summed E-state index contributed by atoms with van der Waals surface area (Å²) in [7, 11) is 0. The van der Waals surface area contributed by atoms with Crippen LogP contribution in [0.1, 0.15) is 36.1 Å². The van der Waals surface area contributed by atoms with E-state index in [1.165, 1.54) is 6.20 Å². The van der Waals surface area contributed by atoms with Gasteiger partial charge in [-0.3, -0.25) is 4.90 Å². The molecule has 0 spiro atoms. The third kappa shape index (κ3) is 7.82. The molecule has 0 bridgehead atoms. The SMILES string of the molecule is CCN(CC)Cc1cnc(Nc2cc(C)c(C)c(C)c2)nc1Nc1ccc2oc(=O)n(OC(=O)C(F)(F)F)c2c1OC(=O)C(F)(F)F. The maximum atomic E-state index is 13.3. The van der Waals surface area contributed by atoms with Gasteiger partial charge in [0.05, 0.1) is 5.69 Å². The first-order valence-corrected chi connectivity index (χ1v) is 13.9. The van der Waals surface area contributed by atoms with Crippen LogP contribution in [-0.4, -0.2) is 57.0 Å². The molecule has 0 amide bonds. The van der Waals surface area contributed by atoms with Gasteiger partial charge in [-0.2, -0.15) is 31.3 Å². The molecule has 0 saturated heterocycles. The number of rotatable bonds is 10. The molecular formula is C29H28F6N6O6. The summed E-state index contributed by atoms with van der Waals surface area (Å²) >= 11 is 0. The summed E-state index contributed by atoms with van der Waals surface area (Å²) in [6.07, 6.45) is -9.75. The third-order valence-corrected chi connectivity index (χ3v) is 7.08. The average Bonchev–Trinajstić information content (AvgIpc) is 3.30. The monoisotopic (exact) mass is 670 g/mol. The number of halogens is 6. The molecule has 4 aromatic rings. The summed E-state index contributed by atoms with van der Waals surface area (Å²) in [6, 6.07) is 5.71. The second kappa shape index (κ2) is 13.3. The number of hydrogen-bond acceptors (Lipinski definition) is 11. The molecule has 4 rings (SSSR count). The topological polar surface area (TPSA) is 141 Å². The number of nitrogens with one attached hydrogen (secondary N) is 2. The van der Waals surface area contributed by atoms with Gasteiger partial charge >= 0.3 is 30.0 Å². The highest BCUT2D eigenvalue weighted by Crippen LogP contribution is 2.37. The second-order valence-electron chi connectivity index (χ2n) is 10.2. The highest BCUT2D eigenvalue weighted by Gasteiger charge is 2.44. The number of fused-ring (bicyclic) bond motifs is 1. The van der Waals surface area contributed by atoms with Crippen molar-refractivity contribution in [2.24, 2.45) is 0 Å². The Morgan fingerprint density at radius 3 is 2.15 bits per heavy atom. The van der Waals surface area contributed by atoms with E-state index in [2.05, 4.69) is 30.2 Å². The normalized spacial score (nSPS) is 12.0. The minimum absolute atomic E-state index is 0.0108. The first kappa shape index (κ1) is 34.7. The molecule has 252 valence electrons. The maximum Gasteiger partial charge on any atom is 0.493 e. The van der Waals surface area contributed by atoms with E-state index >= 15 is 0 Å². The summed E-state index contributed by atoms with van der Waals surface area (Å²) in [6.45, 7) is 11.0. The minimum Gasteiger partial charge on any atom is -0.415 e. The number of ether oxygens (including phenoxy) is 1. The first-order valence-electron chi connectivity index (χ1n) is 13.9. The van der Waals surface area contributed by atoms with Crippen LogP contribution < -0.4 is 26.0 Å². The fraction of sp³-hybridized carbons (Fsp3) is 0.345. The van der Waals surface area contributed by atoms with Gasteiger partial charge in [-0.05, 0) is 74.8 Å². The van der Waals surface area contributed by atoms with Crippen LogP contribution in [0.5, 0.6) is 5.75 Å². The van der Waals surface area contributed by atoms with Crippen molar-refractivity contribution in [2.75, 3.05) is 23.7 Å². The van der Waals surface area contributed by atoms with E-state index in [0.717, 1.165) is 28.8 Å². The molecule has 0 fully saturated rings. The first-order chi connectivity index (χ1) is 21.9. The van der Waals surface area contributed by atoms with Crippen LogP contribution in [0.2, 0.25) is 0 Å². The highest BCUT2D eigenvalue weighted by molar-refractivity contribution is 5.93. The molecule has 0 aliphatic rings. The van der Waals surface area contributed by atoms with E-state index in [1.807, 2.05) is 51.7 Å². The third-order valence-electron chi connectivity index (χ3n) is 7.08. The number of aryl methyl sites for hydroxylation is 2. The molecule has 47 heavy (non-hydrogen) atoms. The molecule has 0 aliphatic heterocycles. The van der Waals surface area contributed by atoms with Crippen molar-refractivity contribution in [3.63, 3.8) is 0 Å². The molecule has 2 aromatic heterocycles. The fourth-order valence-electron chi connectivity index (χ4n) is 4.37. The fourth-order valence-corrected chi connectivity index (χ4v) is 4.37. The molecule has 0 radical (unpaired) electrons. The smallest absolute Gasteiger partial charge is 0.415 e. The number of anilines is 4. The molecule has 0 aliphatic carbocycles. The quantitative estimate of drug-likeness (QED) is 0.123. The van der Waals surface area contributed by atoms with Crippen molar-refractivity contribution < 1.29 is 49.9 Å². The second-order valence-corrected chi connectivity index (χ2v) is 10.2. The lowest BCUT2D eigenvalue weighted by molar-refractivity contribution is -0.200. The number of hydrogen-bond donors (Lipinski definition) is 2. The summed E-state index contributed by atoms with van der Waals surface area (Å²) in [5.41, 5.74) is 1.90. The van der Waals surface area contributed by atoms with Gasteiger partial charge in [-0.1, -0.05) is 18.6 Å². The van der Waals surface area contributed by atoms with E-state index in [9.17, 15) is 40.7 Å². The molecule has 12 nitrogen and oxygen atoms in total. The maximum absolute atomic E-state index is 13.3. The Bertz CT molecular complexity index is 1860. The number of aromatic nitrogens is 3. The number of oxazole rings is 1. The summed E-state index contributed by atoms with van der Waals surface area (Å²) in [5.74, 6) is -8.52.